The molecule has 1 aliphatic heterocycles. The van der Waals surface area contributed by atoms with Gasteiger partial charge in [-0.2, -0.15) is 4.98 Å². The Labute approximate surface area is 126 Å². The quantitative estimate of drug-likeness (QED) is 0.739. The number of pyridine rings is 1. The van der Waals surface area contributed by atoms with Gasteiger partial charge in [0, 0.05) is 30.2 Å². The number of rotatable bonds is 3. The summed E-state index contributed by atoms with van der Waals surface area (Å²) in [5, 5.41) is 4.74. The molecule has 22 heavy (non-hydrogen) atoms. The van der Waals surface area contributed by atoms with Crippen molar-refractivity contribution < 1.29 is 9.26 Å². The fraction of sp³-hybridized carbons (Fsp3) is 0.312. The molecule has 0 N–H and O–H groups in total. The molecule has 1 unspecified atom stereocenters. The summed E-state index contributed by atoms with van der Waals surface area (Å²) >= 11 is 0. The number of hydrogen-bond donors (Lipinski definition) is 0. The van der Waals surface area contributed by atoms with E-state index in [0.29, 0.717) is 30.3 Å². The Morgan fingerprint density at radius 1 is 1.27 bits per heavy atom. The highest BCUT2D eigenvalue weighted by Gasteiger charge is 2.23. The summed E-state index contributed by atoms with van der Waals surface area (Å²) in [7, 11) is 0. The van der Waals surface area contributed by atoms with Crippen molar-refractivity contribution in [3.05, 3.63) is 58.5 Å². The monoisotopic (exact) mass is 297 g/mol. The Hall–Kier alpha value is -2.47. The second-order valence-electron chi connectivity index (χ2n) is 5.43. The van der Waals surface area contributed by atoms with Crippen molar-refractivity contribution in [3.8, 4) is 0 Å². The Morgan fingerprint density at radius 2 is 2.18 bits per heavy atom. The number of benzene rings is 1. The molecule has 1 aliphatic rings. The summed E-state index contributed by atoms with van der Waals surface area (Å²) < 4.78 is 12.6. The highest BCUT2D eigenvalue weighted by Crippen LogP contribution is 2.22. The van der Waals surface area contributed by atoms with Crippen molar-refractivity contribution in [2.24, 2.45) is 0 Å². The average Bonchev–Trinajstić information content (AvgIpc) is 3.21. The molecule has 1 aromatic carbocycles. The summed E-state index contributed by atoms with van der Waals surface area (Å²) in [5.74, 6) is 1.47. The highest BCUT2D eigenvalue weighted by atomic mass is 16.5. The molecular weight excluding hydrogens is 282 g/mol. The van der Waals surface area contributed by atoms with Crippen molar-refractivity contribution in [2.75, 3.05) is 13.2 Å². The molecule has 6 nitrogen and oxygen atoms in total. The zero-order valence-corrected chi connectivity index (χ0v) is 11.9. The molecule has 0 spiro atoms. The molecule has 0 amide bonds. The second kappa shape index (κ2) is 5.38. The van der Waals surface area contributed by atoms with Gasteiger partial charge in [-0.1, -0.05) is 17.3 Å². The van der Waals surface area contributed by atoms with Crippen LogP contribution in [-0.2, 0) is 11.3 Å². The standard InChI is InChI=1S/C16H15N3O3/c20-14-5-7-19(13-4-2-1-3-12(13)14)9-15-17-16(18-22-15)11-6-8-21-10-11/h1-5,7,11H,6,8-10H2. The van der Waals surface area contributed by atoms with Gasteiger partial charge in [-0.25, -0.2) is 0 Å². The Morgan fingerprint density at radius 3 is 3.05 bits per heavy atom. The van der Waals surface area contributed by atoms with Gasteiger partial charge in [-0.3, -0.25) is 4.79 Å². The third-order valence-corrected chi connectivity index (χ3v) is 3.97. The lowest BCUT2D eigenvalue weighted by Gasteiger charge is -2.07. The first-order valence-corrected chi connectivity index (χ1v) is 7.30. The second-order valence-corrected chi connectivity index (χ2v) is 5.43. The first-order valence-electron chi connectivity index (χ1n) is 7.30. The van der Waals surface area contributed by atoms with Crippen LogP contribution in [0.3, 0.4) is 0 Å². The average molecular weight is 297 g/mol. The molecule has 112 valence electrons. The van der Waals surface area contributed by atoms with Crippen molar-refractivity contribution in [1.29, 1.82) is 0 Å². The molecule has 3 heterocycles. The van der Waals surface area contributed by atoms with Crippen LogP contribution in [0.1, 0.15) is 24.1 Å². The molecule has 4 rings (SSSR count). The predicted molar refractivity (Wildman–Crippen MR) is 79.8 cm³/mol. The fourth-order valence-corrected chi connectivity index (χ4v) is 2.78. The molecule has 1 fully saturated rings. The van der Waals surface area contributed by atoms with Gasteiger partial charge in [0.2, 0.25) is 5.89 Å². The Bertz CT molecular complexity index is 862. The summed E-state index contributed by atoms with van der Waals surface area (Å²) in [4.78, 5) is 16.3. The van der Waals surface area contributed by atoms with Crippen LogP contribution in [-0.4, -0.2) is 27.9 Å². The molecule has 0 aliphatic carbocycles. The lowest BCUT2D eigenvalue weighted by molar-refractivity contribution is 0.192. The minimum absolute atomic E-state index is 0.0150. The van der Waals surface area contributed by atoms with Crippen LogP contribution in [0.2, 0.25) is 0 Å². The van der Waals surface area contributed by atoms with E-state index in [4.69, 9.17) is 9.26 Å². The first kappa shape index (κ1) is 13.2. The molecular formula is C16H15N3O3. The Balaban J connectivity index is 1.66. The maximum Gasteiger partial charge on any atom is 0.246 e. The van der Waals surface area contributed by atoms with Crippen molar-refractivity contribution >= 4 is 10.9 Å². The number of fused-ring (bicyclic) bond motifs is 1. The van der Waals surface area contributed by atoms with Crippen LogP contribution in [0, 0.1) is 0 Å². The molecule has 1 atom stereocenters. The van der Waals surface area contributed by atoms with Gasteiger partial charge in [0.05, 0.1) is 12.1 Å². The van der Waals surface area contributed by atoms with E-state index in [9.17, 15) is 4.79 Å². The zero-order valence-electron chi connectivity index (χ0n) is 11.9. The van der Waals surface area contributed by atoms with Gasteiger partial charge in [-0.05, 0) is 18.6 Å². The van der Waals surface area contributed by atoms with Crippen LogP contribution >= 0.6 is 0 Å². The van der Waals surface area contributed by atoms with E-state index >= 15 is 0 Å². The minimum Gasteiger partial charge on any atom is -0.381 e. The number of hydrogen-bond acceptors (Lipinski definition) is 5. The lowest BCUT2D eigenvalue weighted by Crippen LogP contribution is -2.09. The molecule has 6 heteroatoms. The highest BCUT2D eigenvalue weighted by molar-refractivity contribution is 5.78. The van der Waals surface area contributed by atoms with E-state index in [1.54, 1.807) is 12.3 Å². The largest absolute Gasteiger partial charge is 0.381 e. The van der Waals surface area contributed by atoms with Crippen molar-refractivity contribution in [1.82, 2.24) is 14.7 Å². The van der Waals surface area contributed by atoms with E-state index in [1.165, 1.54) is 0 Å². The van der Waals surface area contributed by atoms with Crippen LogP contribution in [0.15, 0.2) is 45.8 Å². The maximum atomic E-state index is 11.9. The van der Waals surface area contributed by atoms with E-state index in [-0.39, 0.29) is 11.3 Å². The summed E-state index contributed by atoms with van der Waals surface area (Å²) in [5.41, 5.74) is 0.875. The smallest absolute Gasteiger partial charge is 0.246 e. The van der Waals surface area contributed by atoms with Gasteiger partial charge in [0.25, 0.3) is 0 Å². The summed E-state index contributed by atoms with van der Waals surface area (Å²) in [6.07, 6.45) is 2.69. The van der Waals surface area contributed by atoms with Crippen LogP contribution in [0.25, 0.3) is 10.9 Å². The predicted octanol–water partition coefficient (Wildman–Crippen LogP) is 1.94. The molecule has 2 aromatic heterocycles. The molecule has 3 aromatic rings. The van der Waals surface area contributed by atoms with Gasteiger partial charge >= 0.3 is 0 Å². The van der Waals surface area contributed by atoms with E-state index in [0.717, 1.165) is 18.5 Å². The Kier molecular flexibility index (Phi) is 3.23. The van der Waals surface area contributed by atoms with Gasteiger partial charge in [0.1, 0.15) is 6.54 Å². The number of nitrogens with zero attached hydrogens (tertiary/aromatic N) is 3. The number of ether oxygens (including phenoxy) is 1. The molecule has 0 radical (unpaired) electrons. The number of para-hydroxylation sites is 1. The van der Waals surface area contributed by atoms with E-state index < -0.39 is 0 Å². The molecule has 0 saturated carbocycles. The third kappa shape index (κ3) is 2.31. The van der Waals surface area contributed by atoms with Crippen LogP contribution < -0.4 is 5.43 Å². The minimum atomic E-state index is 0.0150. The topological polar surface area (TPSA) is 70.2 Å². The molecule has 1 saturated heterocycles. The normalized spacial score (nSPS) is 18.1. The maximum absolute atomic E-state index is 11.9. The van der Waals surface area contributed by atoms with Gasteiger partial charge in [-0.15, -0.1) is 0 Å². The van der Waals surface area contributed by atoms with Gasteiger partial charge < -0.3 is 13.8 Å². The van der Waals surface area contributed by atoms with E-state index in [1.807, 2.05) is 28.8 Å². The molecule has 0 bridgehead atoms. The van der Waals surface area contributed by atoms with Crippen molar-refractivity contribution in [2.45, 2.75) is 18.9 Å². The SMILES string of the molecule is O=c1ccn(Cc2nc(C3CCOC3)no2)c2ccccc12. The van der Waals surface area contributed by atoms with E-state index in [2.05, 4.69) is 10.1 Å². The summed E-state index contributed by atoms with van der Waals surface area (Å²) in [6, 6.07) is 9.07. The van der Waals surface area contributed by atoms with Crippen LogP contribution in [0.5, 0.6) is 0 Å². The first-order chi connectivity index (χ1) is 10.8. The zero-order chi connectivity index (χ0) is 14.9. The summed E-state index contributed by atoms with van der Waals surface area (Å²) in [6.45, 7) is 1.85. The van der Waals surface area contributed by atoms with Crippen LogP contribution in [0.4, 0.5) is 0 Å². The van der Waals surface area contributed by atoms with Gasteiger partial charge in [0.15, 0.2) is 11.3 Å². The van der Waals surface area contributed by atoms with Crippen molar-refractivity contribution in [3.63, 3.8) is 0 Å². The fourth-order valence-electron chi connectivity index (χ4n) is 2.78. The lowest BCUT2D eigenvalue weighted by atomic mass is 10.1. The number of aromatic nitrogens is 3. The third-order valence-electron chi connectivity index (χ3n) is 3.97.